The first-order valence-corrected chi connectivity index (χ1v) is 7.99. The Hall–Kier alpha value is -1.55. The summed E-state index contributed by atoms with van der Waals surface area (Å²) in [7, 11) is 5.47. The molecule has 1 aliphatic carbocycles. The van der Waals surface area contributed by atoms with Crippen molar-refractivity contribution in [3.05, 3.63) is 23.8 Å². The van der Waals surface area contributed by atoms with E-state index in [0.29, 0.717) is 12.2 Å². The largest absolute Gasteiger partial charge is 0.493 e. The van der Waals surface area contributed by atoms with Crippen LogP contribution in [0.3, 0.4) is 0 Å². The first kappa shape index (κ1) is 15.3. The second-order valence-corrected chi connectivity index (χ2v) is 6.66. The maximum atomic E-state index is 12.2. The van der Waals surface area contributed by atoms with Crippen molar-refractivity contribution in [1.29, 1.82) is 0 Å². The Bertz CT molecular complexity index is 586. The molecule has 3 atom stereocenters. The second-order valence-electron chi connectivity index (χ2n) is 6.66. The van der Waals surface area contributed by atoms with Crippen molar-refractivity contribution in [2.45, 2.75) is 37.6 Å². The third-order valence-corrected chi connectivity index (χ3v) is 5.71. The number of likely N-dealkylation sites (N-methyl/N-ethyl adjacent to an activating group) is 1. The van der Waals surface area contributed by atoms with Crippen LogP contribution >= 0.6 is 0 Å². The van der Waals surface area contributed by atoms with Gasteiger partial charge in [-0.15, -0.1) is 0 Å². The van der Waals surface area contributed by atoms with Crippen molar-refractivity contribution < 1.29 is 14.3 Å². The molecule has 0 bridgehead atoms. The number of Topliss-reactive ketones (excluding diaryl/α,β-unsaturated/α-hetero) is 1. The van der Waals surface area contributed by atoms with Crippen molar-refractivity contribution in [3.8, 4) is 11.5 Å². The van der Waals surface area contributed by atoms with Crippen molar-refractivity contribution >= 4 is 5.78 Å². The number of fused-ring (bicyclic) bond motifs is 1. The van der Waals surface area contributed by atoms with Crippen LogP contribution in [0.15, 0.2) is 18.2 Å². The van der Waals surface area contributed by atoms with Crippen LogP contribution in [0.5, 0.6) is 11.5 Å². The fourth-order valence-electron chi connectivity index (χ4n) is 4.57. The van der Waals surface area contributed by atoms with E-state index in [2.05, 4.69) is 31.0 Å². The highest BCUT2D eigenvalue weighted by molar-refractivity contribution is 5.83. The van der Waals surface area contributed by atoms with E-state index in [-0.39, 0.29) is 17.4 Å². The minimum atomic E-state index is 0.0572. The van der Waals surface area contributed by atoms with Gasteiger partial charge < -0.3 is 14.4 Å². The molecule has 0 amide bonds. The number of nitrogens with zero attached hydrogens (tertiary/aromatic N) is 1. The van der Waals surface area contributed by atoms with Crippen LogP contribution < -0.4 is 9.47 Å². The molecule has 1 saturated heterocycles. The van der Waals surface area contributed by atoms with Crippen LogP contribution in [0.1, 0.15) is 31.7 Å². The van der Waals surface area contributed by atoms with E-state index in [1.807, 2.05) is 6.07 Å². The Morgan fingerprint density at radius 3 is 2.59 bits per heavy atom. The maximum absolute atomic E-state index is 12.2. The number of likely N-dealkylation sites (tertiary alicyclic amines) is 1. The average Bonchev–Trinajstić information content (AvgIpc) is 2.89. The zero-order valence-corrected chi connectivity index (χ0v) is 13.9. The van der Waals surface area contributed by atoms with Crippen LogP contribution in [0, 0.1) is 5.92 Å². The number of carbonyl (C=O) groups excluding carboxylic acids is 1. The molecule has 4 nitrogen and oxygen atoms in total. The lowest BCUT2D eigenvalue weighted by Gasteiger charge is -2.44. The van der Waals surface area contributed by atoms with Gasteiger partial charge >= 0.3 is 0 Å². The summed E-state index contributed by atoms with van der Waals surface area (Å²) in [5.41, 5.74) is 1.33. The lowest BCUT2D eigenvalue weighted by Crippen LogP contribution is -2.51. The second kappa shape index (κ2) is 5.58. The van der Waals surface area contributed by atoms with Gasteiger partial charge in [0.1, 0.15) is 5.78 Å². The number of rotatable bonds is 3. The highest BCUT2D eigenvalue weighted by atomic mass is 16.5. The molecule has 1 aromatic rings. The Balaban J connectivity index is 2.07. The lowest BCUT2D eigenvalue weighted by molar-refractivity contribution is -0.127. The van der Waals surface area contributed by atoms with Crippen molar-refractivity contribution in [3.63, 3.8) is 0 Å². The van der Waals surface area contributed by atoms with Crippen molar-refractivity contribution in [2.24, 2.45) is 5.92 Å². The molecule has 1 heterocycles. The van der Waals surface area contributed by atoms with Crippen LogP contribution in [-0.2, 0) is 10.2 Å². The maximum Gasteiger partial charge on any atom is 0.161 e. The Morgan fingerprint density at radius 2 is 1.91 bits per heavy atom. The number of ketones is 1. The first-order valence-electron chi connectivity index (χ1n) is 7.99. The predicted molar refractivity (Wildman–Crippen MR) is 85.7 cm³/mol. The minimum Gasteiger partial charge on any atom is -0.493 e. The highest BCUT2D eigenvalue weighted by Crippen LogP contribution is 2.50. The van der Waals surface area contributed by atoms with Gasteiger partial charge in [-0.1, -0.05) is 13.0 Å². The number of hydrogen-bond acceptors (Lipinski definition) is 4. The molecule has 3 rings (SSSR count). The predicted octanol–water partition coefficient (Wildman–Crippen LogP) is 2.64. The molecule has 0 N–H and O–H groups in total. The van der Waals surface area contributed by atoms with Crippen LogP contribution in [0.2, 0.25) is 0 Å². The quantitative estimate of drug-likeness (QED) is 0.860. The van der Waals surface area contributed by atoms with Gasteiger partial charge in [-0.25, -0.2) is 0 Å². The van der Waals surface area contributed by atoms with Crippen LogP contribution in [-0.4, -0.2) is 44.5 Å². The Labute approximate surface area is 132 Å². The third-order valence-electron chi connectivity index (χ3n) is 5.71. The average molecular weight is 303 g/mol. The van der Waals surface area contributed by atoms with Gasteiger partial charge in [0.05, 0.1) is 14.2 Å². The van der Waals surface area contributed by atoms with Crippen molar-refractivity contribution in [2.75, 3.05) is 27.8 Å². The number of ether oxygens (including phenoxy) is 2. The molecule has 22 heavy (non-hydrogen) atoms. The molecule has 1 aliphatic heterocycles. The number of carbonyl (C=O) groups is 1. The zero-order valence-electron chi connectivity index (χ0n) is 13.9. The molecule has 2 aliphatic rings. The van der Waals surface area contributed by atoms with Gasteiger partial charge in [0, 0.05) is 23.8 Å². The molecule has 120 valence electrons. The standard InChI is InChI=1S/C18H25NO3/c1-12-14(20)7-8-18(9-10-19(2)17(12)18)13-5-6-15(21-3)16(11-13)22-4/h5-6,11-12,17H,7-10H2,1-4H3. The zero-order chi connectivity index (χ0) is 15.9. The summed E-state index contributed by atoms with van der Waals surface area (Å²) >= 11 is 0. The first-order chi connectivity index (χ1) is 10.5. The van der Waals surface area contributed by atoms with Crippen molar-refractivity contribution in [1.82, 2.24) is 4.90 Å². The van der Waals surface area contributed by atoms with E-state index in [0.717, 1.165) is 30.9 Å². The Kier molecular flexibility index (Phi) is 3.89. The van der Waals surface area contributed by atoms with E-state index in [4.69, 9.17) is 9.47 Å². The van der Waals surface area contributed by atoms with Crippen LogP contribution in [0.4, 0.5) is 0 Å². The molecule has 2 fully saturated rings. The normalized spacial score (nSPS) is 31.9. The molecule has 1 aromatic carbocycles. The van der Waals surface area contributed by atoms with Gasteiger partial charge in [0.15, 0.2) is 11.5 Å². The molecule has 0 aromatic heterocycles. The highest BCUT2D eigenvalue weighted by Gasteiger charge is 2.53. The topological polar surface area (TPSA) is 38.8 Å². The molecular weight excluding hydrogens is 278 g/mol. The summed E-state index contributed by atoms with van der Waals surface area (Å²) in [6.07, 6.45) is 2.71. The van der Waals surface area contributed by atoms with Crippen LogP contribution in [0.25, 0.3) is 0 Å². The Morgan fingerprint density at radius 1 is 1.18 bits per heavy atom. The summed E-state index contributed by atoms with van der Waals surface area (Å²) in [5.74, 6) is 2.02. The molecule has 0 radical (unpaired) electrons. The van der Waals surface area contributed by atoms with Gasteiger partial charge in [-0.2, -0.15) is 0 Å². The summed E-state index contributed by atoms with van der Waals surface area (Å²) in [6.45, 7) is 3.13. The monoisotopic (exact) mass is 303 g/mol. The summed E-state index contributed by atoms with van der Waals surface area (Å²) in [5, 5.41) is 0. The number of hydrogen-bond donors (Lipinski definition) is 0. The van der Waals surface area contributed by atoms with Gasteiger partial charge in [-0.3, -0.25) is 4.79 Å². The summed E-state index contributed by atoms with van der Waals surface area (Å²) < 4.78 is 10.8. The fraction of sp³-hybridized carbons (Fsp3) is 0.611. The lowest BCUT2D eigenvalue weighted by atomic mass is 9.62. The molecule has 0 spiro atoms. The number of methoxy groups -OCH3 is 2. The molecule has 3 unspecified atom stereocenters. The van der Waals surface area contributed by atoms with E-state index >= 15 is 0 Å². The van der Waals surface area contributed by atoms with E-state index in [1.165, 1.54) is 5.56 Å². The van der Waals surface area contributed by atoms with E-state index < -0.39 is 0 Å². The summed E-state index contributed by atoms with van der Waals surface area (Å²) in [6, 6.07) is 6.52. The molecule has 4 heteroatoms. The smallest absolute Gasteiger partial charge is 0.161 e. The summed E-state index contributed by atoms with van der Waals surface area (Å²) in [4.78, 5) is 14.6. The third kappa shape index (κ3) is 2.12. The van der Waals surface area contributed by atoms with E-state index in [1.54, 1.807) is 14.2 Å². The fourth-order valence-corrected chi connectivity index (χ4v) is 4.57. The number of benzene rings is 1. The van der Waals surface area contributed by atoms with Gasteiger partial charge in [0.2, 0.25) is 0 Å². The van der Waals surface area contributed by atoms with Gasteiger partial charge in [0.25, 0.3) is 0 Å². The minimum absolute atomic E-state index is 0.0572. The molecular formula is C18H25NO3. The van der Waals surface area contributed by atoms with Gasteiger partial charge in [-0.05, 0) is 44.1 Å². The SMILES string of the molecule is COc1ccc(C23CCC(=O)C(C)C2N(C)CC3)cc1OC. The molecule has 1 saturated carbocycles. The van der Waals surface area contributed by atoms with E-state index in [9.17, 15) is 4.79 Å².